The molecule has 0 atom stereocenters. The summed E-state index contributed by atoms with van der Waals surface area (Å²) < 4.78 is 0. The smallest absolute Gasteiger partial charge is 0.152 e. The Morgan fingerprint density at radius 3 is 2.23 bits per heavy atom. The third kappa shape index (κ3) is 2.31. The van der Waals surface area contributed by atoms with Crippen molar-refractivity contribution >= 4 is 5.78 Å². The number of hydrogen-bond acceptors (Lipinski definition) is 2. The Morgan fingerprint density at radius 1 is 1.38 bits per heavy atom. The minimum Gasteiger partial charge on any atom is -0.319 e. The highest BCUT2D eigenvalue weighted by molar-refractivity contribution is 5.88. The molecule has 0 bridgehead atoms. The fourth-order valence-corrected chi connectivity index (χ4v) is 1.81. The number of rotatable bonds is 5. The molecule has 0 spiro atoms. The molecule has 0 aromatic heterocycles. The van der Waals surface area contributed by atoms with Crippen molar-refractivity contribution in [3.05, 3.63) is 0 Å². The van der Waals surface area contributed by atoms with E-state index < -0.39 is 5.54 Å². The molecule has 0 unspecified atom stereocenters. The van der Waals surface area contributed by atoms with Gasteiger partial charge in [0.15, 0.2) is 5.78 Å². The normalized spacial score (nSPS) is 18.4. The minimum absolute atomic E-state index is 0.280. The fourth-order valence-electron chi connectivity index (χ4n) is 1.81. The molecule has 0 radical (unpaired) electrons. The molecule has 13 heavy (non-hydrogen) atoms. The van der Waals surface area contributed by atoms with Gasteiger partial charge in [-0.25, -0.2) is 0 Å². The zero-order valence-electron chi connectivity index (χ0n) is 8.81. The third-order valence-corrected chi connectivity index (χ3v) is 3.52. The van der Waals surface area contributed by atoms with E-state index >= 15 is 0 Å². The topological polar surface area (TPSA) is 43.1 Å². The van der Waals surface area contributed by atoms with Crippen molar-refractivity contribution in [2.45, 2.75) is 57.9 Å². The number of hydrogen-bond donors (Lipinski definition) is 1. The second-order valence-corrected chi connectivity index (χ2v) is 4.29. The first-order valence-corrected chi connectivity index (χ1v) is 5.44. The maximum absolute atomic E-state index is 11.8. The van der Waals surface area contributed by atoms with Crippen LogP contribution in [0.15, 0.2) is 0 Å². The van der Waals surface area contributed by atoms with E-state index in [-0.39, 0.29) is 5.78 Å². The quantitative estimate of drug-likeness (QED) is 0.710. The molecule has 0 aromatic rings. The van der Waals surface area contributed by atoms with Crippen LogP contribution in [-0.2, 0) is 4.79 Å². The van der Waals surface area contributed by atoms with Gasteiger partial charge in [0.1, 0.15) is 0 Å². The van der Waals surface area contributed by atoms with Gasteiger partial charge in [0.05, 0.1) is 5.54 Å². The predicted octanol–water partition coefficient (Wildman–Crippen LogP) is 2.26. The molecule has 2 N–H and O–H groups in total. The number of carbonyl (C=O) groups is 1. The zero-order chi connectivity index (χ0) is 9.90. The second kappa shape index (κ2) is 4.23. The highest BCUT2D eigenvalue weighted by Gasteiger charge is 2.32. The predicted molar refractivity (Wildman–Crippen MR) is 54.5 cm³/mol. The van der Waals surface area contributed by atoms with Crippen molar-refractivity contribution < 1.29 is 4.79 Å². The summed E-state index contributed by atoms with van der Waals surface area (Å²) in [5, 5.41) is 0. The number of carbonyl (C=O) groups excluding carboxylic acids is 1. The lowest BCUT2D eigenvalue weighted by molar-refractivity contribution is -0.126. The lowest BCUT2D eigenvalue weighted by Crippen LogP contribution is -2.47. The van der Waals surface area contributed by atoms with Gasteiger partial charge in [0, 0.05) is 6.42 Å². The van der Waals surface area contributed by atoms with Crippen LogP contribution < -0.4 is 5.73 Å². The van der Waals surface area contributed by atoms with Crippen molar-refractivity contribution in [2.75, 3.05) is 0 Å². The van der Waals surface area contributed by atoms with Gasteiger partial charge < -0.3 is 5.73 Å². The van der Waals surface area contributed by atoms with Crippen LogP contribution in [0.4, 0.5) is 0 Å². The molecule has 0 saturated heterocycles. The van der Waals surface area contributed by atoms with Gasteiger partial charge in [-0.15, -0.1) is 0 Å². The van der Waals surface area contributed by atoms with E-state index in [2.05, 4.69) is 0 Å². The van der Waals surface area contributed by atoms with E-state index in [0.29, 0.717) is 5.92 Å². The first kappa shape index (κ1) is 10.7. The number of Topliss-reactive ketones (excluding diaryl/α,β-unsaturated/α-hetero) is 1. The monoisotopic (exact) mass is 183 g/mol. The summed E-state index contributed by atoms with van der Waals surface area (Å²) in [7, 11) is 0. The molecule has 76 valence electrons. The molecule has 1 rings (SSSR count). The first-order chi connectivity index (χ1) is 6.12. The van der Waals surface area contributed by atoms with E-state index in [4.69, 9.17) is 5.73 Å². The van der Waals surface area contributed by atoms with Crippen LogP contribution >= 0.6 is 0 Å². The lowest BCUT2D eigenvalue weighted by Gasteiger charge is -2.30. The van der Waals surface area contributed by atoms with E-state index in [9.17, 15) is 4.79 Å². The summed E-state index contributed by atoms with van der Waals surface area (Å²) in [6.45, 7) is 4.00. The summed E-state index contributed by atoms with van der Waals surface area (Å²) in [5.41, 5.74) is 5.49. The largest absolute Gasteiger partial charge is 0.319 e. The molecular formula is C11H21NO. The molecule has 0 aliphatic heterocycles. The van der Waals surface area contributed by atoms with Crippen molar-refractivity contribution in [2.24, 2.45) is 11.7 Å². The Morgan fingerprint density at radius 2 is 1.92 bits per heavy atom. The maximum Gasteiger partial charge on any atom is 0.152 e. The maximum atomic E-state index is 11.8. The average molecular weight is 183 g/mol. The number of ketones is 1. The lowest BCUT2D eigenvalue weighted by atomic mass is 9.77. The van der Waals surface area contributed by atoms with E-state index in [1.807, 2.05) is 13.8 Å². The van der Waals surface area contributed by atoms with E-state index in [0.717, 1.165) is 19.3 Å². The van der Waals surface area contributed by atoms with Crippen LogP contribution in [0.2, 0.25) is 0 Å². The Labute approximate surface area is 80.9 Å². The van der Waals surface area contributed by atoms with Gasteiger partial charge >= 0.3 is 0 Å². The summed E-state index contributed by atoms with van der Waals surface area (Å²) in [6.07, 6.45) is 6.03. The van der Waals surface area contributed by atoms with E-state index in [1.54, 1.807) is 0 Å². The van der Waals surface area contributed by atoms with Crippen molar-refractivity contribution in [1.29, 1.82) is 0 Å². The van der Waals surface area contributed by atoms with Gasteiger partial charge in [-0.2, -0.15) is 0 Å². The summed E-state index contributed by atoms with van der Waals surface area (Å²) in [6, 6.07) is 0. The zero-order valence-corrected chi connectivity index (χ0v) is 8.81. The minimum atomic E-state index is -0.532. The second-order valence-electron chi connectivity index (χ2n) is 4.29. The molecule has 0 heterocycles. The van der Waals surface area contributed by atoms with Gasteiger partial charge in [-0.1, -0.05) is 33.1 Å². The Kier molecular flexibility index (Phi) is 3.48. The van der Waals surface area contributed by atoms with Crippen molar-refractivity contribution in [3.8, 4) is 0 Å². The molecule has 1 fully saturated rings. The Hall–Kier alpha value is -0.370. The van der Waals surface area contributed by atoms with E-state index in [1.165, 1.54) is 19.3 Å². The Bertz CT molecular complexity index is 181. The molecule has 1 aliphatic rings. The van der Waals surface area contributed by atoms with Gasteiger partial charge in [0.25, 0.3) is 0 Å². The molecule has 2 nitrogen and oxygen atoms in total. The average Bonchev–Trinajstić information content (AvgIpc) is 2.09. The van der Waals surface area contributed by atoms with Crippen LogP contribution in [0.1, 0.15) is 52.4 Å². The SMILES string of the molecule is CCC(N)(CC)C(=O)CC1CCC1. The number of nitrogens with two attached hydrogens (primary N) is 1. The molecule has 1 saturated carbocycles. The molecule has 2 heteroatoms. The van der Waals surface area contributed by atoms with Crippen LogP contribution in [0.3, 0.4) is 0 Å². The summed E-state index contributed by atoms with van der Waals surface area (Å²) in [5.74, 6) is 0.927. The summed E-state index contributed by atoms with van der Waals surface area (Å²) >= 11 is 0. The first-order valence-electron chi connectivity index (χ1n) is 5.44. The van der Waals surface area contributed by atoms with Crippen molar-refractivity contribution in [1.82, 2.24) is 0 Å². The Balaban J connectivity index is 2.43. The molecular weight excluding hydrogens is 162 g/mol. The molecule has 1 aliphatic carbocycles. The molecule has 0 amide bonds. The van der Waals surface area contributed by atoms with Gasteiger partial charge in [0.2, 0.25) is 0 Å². The standard InChI is InChI=1S/C11H21NO/c1-3-11(12,4-2)10(13)8-9-6-5-7-9/h9H,3-8,12H2,1-2H3. The van der Waals surface area contributed by atoms with Crippen LogP contribution in [0.25, 0.3) is 0 Å². The van der Waals surface area contributed by atoms with Crippen LogP contribution in [-0.4, -0.2) is 11.3 Å². The highest BCUT2D eigenvalue weighted by Crippen LogP contribution is 2.31. The van der Waals surface area contributed by atoms with Crippen LogP contribution in [0.5, 0.6) is 0 Å². The summed E-state index contributed by atoms with van der Waals surface area (Å²) in [4.78, 5) is 11.8. The highest BCUT2D eigenvalue weighted by atomic mass is 16.1. The van der Waals surface area contributed by atoms with Gasteiger partial charge in [-0.05, 0) is 18.8 Å². The molecule has 0 aromatic carbocycles. The fraction of sp³-hybridized carbons (Fsp3) is 0.909. The third-order valence-electron chi connectivity index (χ3n) is 3.52. The van der Waals surface area contributed by atoms with Crippen LogP contribution in [0, 0.1) is 5.92 Å². The van der Waals surface area contributed by atoms with Crippen molar-refractivity contribution in [3.63, 3.8) is 0 Å². The van der Waals surface area contributed by atoms with Gasteiger partial charge in [-0.3, -0.25) is 4.79 Å².